The van der Waals surface area contributed by atoms with Gasteiger partial charge in [0.15, 0.2) is 0 Å². The number of rotatable bonds is 5. The van der Waals surface area contributed by atoms with Crippen molar-refractivity contribution in [1.82, 2.24) is 10.2 Å². The number of benzene rings is 1. The molecule has 0 bridgehead atoms. The zero-order valence-corrected chi connectivity index (χ0v) is 13.3. The van der Waals surface area contributed by atoms with Crippen LogP contribution in [-0.4, -0.2) is 42.2 Å². The van der Waals surface area contributed by atoms with Gasteiger partial charge in [-0.3, -0.25) is 4.79 Å². The van der Waals surface area contributed by atoms with Crippen LogP contribution >= 0.6 is 11.8 Å². The summed E-state index contributed by atoms with van der Waals surface area (Å²) in [7, 11) is 0. The Morgan fingerprint density at radius 3 is 2.90 bits per heavy atom. The molecule has 2 atom stereocenters. The Kier molecular flexibility index (Phi) is 5.20. The number of hydrogen-bond acceptors (Lipinski definition) is 3. The normalized spacial score (nSPS) is 25.4. The highest BCUT2D eigenvalue weighted by atomic mass is 32.2. The summed E-state index contributed by atoms with van der Waals surface area (Å²) < 4.78 is 0. The van der Waals surface area contributed by atoms with Gasteiger partial charge in [-0.25, -0.2) is 0 Å². The highest BCUT2D eigenvalue weighted by Gasteiger charge is 2.28. The topological polar surface area (TPSA) is 32.3 Å². The van der Waals surface area contributed by atoms with E-state index in [1.807, 2.05) is 11.8 Å². The molecule has 2 aliphatic rings. The number of carbonyl (C=O) groups excluding carboxylic acids is 1. The first-order chi connectivity index (χ1) is 10.3. The number of hydrogen-bond donors (Lipinski definition) is 1. The van der Waals surface area contributed by atoms with Crippen molar-refractivity contribution in [2.24, 2.45) is 5.92 Å². The average Bonchev–Trinajstić information content (AvgIpc) is 3.17. The van der Waals surface area contributed by atoms with Gasteiger partial charge < -0.3 is 10.2 Å². The Morgan fingerprint density at radius 2 is 2.14 bits per heavy atom. The van der Waals surface area contributed by atoms with Crippen molar-refractivity contribution < 1.29 is 4.79 Å². The Balaban J connectivity index is 1.41. The number of carbonyl (C=O) groups is 1. The summed E-state index contributed by atoms with van der Waals surface area (Å²) in [6, 6.07) is 11.0. The van der Waals surface area contributed by atoms with Crippen LogP contribution in [0.4, 0.5) is 0 Å². The van der Waals surface area contributed by atoms with Gasteiger partial charge in [-0.2, -0.15) is 0 Å². The summed E-state index contributed by atoms with van der Waals surface area (Å²) in [5.41, 5.74) is 0. The second kappa shape index (κ2) is 7.32. The highest BCUT2D eigenvalue weighted by molar-refractivity contribution is 7.99. The van der Waals surface area contributed by atoms with E-state index in [0.29, 0.717) is 24.3 Å². The molecule has 21 heavy (non-hydrogen) atoms. The predicted molar refractivity (Wildman–Crippen MR) is 87.5 cm³/mol. The number of nitrogens with one attached hydrogen (secondary N) is 1. The SMILES string of the molecule is O=C(CC1CCCN1)N1CCC(CSc2ccccc2)C1. The molecule has 2 aliphatic heterocycles. The van der Waals surface area contributed by atoms with Crippen LogP contribution in [-0.2, 0) is 4.79 Å². The Hall–Kier alpha value is -1.00. The third-order valence-corrected chi connectivity index (χ3v) is 5.69. The van der Waals surface area contributed by atoms with Crippen molar-refractivity contribution in [1.29, 1.82) is 0 Å². The molecule has 2 unspecified atom stereocenters. The van der Waals surface area contributed by atoms with Crippen LogP contribution in [0.15, 0.2) is 35.2 Å². The molecule has 0 saturated carbocycles. The zero-order chi connectivity index (χ0) is 14.5. The second-order valence-electron chi connectivity index (χ2n) is 6.12. The van der Waals surface area contributed by atoms with Crippen molar-refractivity contribution in [3.63, 3.8) is 0 Å². The minimum atomic E-state index is 0.349. The molecule has 1 aromatic carbocycles. The van der Waals surface area contributed by atoms with E-state index >= 15 is 0 Å². The fourth-order valence-electron chi connectivity index (χ4n) is 3.20. The van der Waals surface area contributed by atoms with Crippen LogP contribution < -0.4 is 5.32 Å². The minimum absolute atomic E-state index is 0.349. The van der Waals surface area contributed by atoms with Gasteiger partial charge >= 0.3 is 0 Å². The van der Waals surface area contributed by atoms with Crippen molar-refractivity contribution >= 4 is 17.7 Å². The standard InChI is InChI=1S/C17H24N2OS/c20-17(11-15-5-4-9-18-15)19-10-8-14(12-19)13-21-16-6-2-1-3-7-16/h1-3,6-7,14-15,18H,4-5,8-13H2. The highest BCUT2D eigenvalue weighted by Crippen LogP contribution is 2.26. The Bertz CT molecular complexity index is 459. The first kappa shape index (κ1) is 14.9. The van der Waals surface area contributed by atoms with E-state index in [2.05, 4.69) is 40.5 Å². The molecule has 1 aromatic rings. The van der Waals surface area contributed by atoms with E-state index in [4.69, 9.17) is 0 Å². The summed E-state index contributed by atoms with van der Waals surface area (Å²) in [6.45, 7) is 2.98. The summed E-state index contributed by atoms with van der Waals surface area (Å²) in [5.74, 6) is 2.12. The van der Waals surface area contributed by atoms with Crippen LogP contribution in [0.2, 0.25) is 0 Å². The summed E-state index contributed by atoms with van der Waals surface area (Å²) in [6.07, 6.45) is 4.23. The molecule has 4 heteroatoms. The summed E-state index contributed by atoms with van der Waals surface area (Å²) in [4.78, 5) is 15.7. The fraction of sp³-hybridized carbons (Fsp3) is 0.588. The molecule has 3 nitrogen and oxygen atoms in total. The lowest BCUT2D eigenvalue weighted by molar-refractivity contribution is -0.130. The predicted octanol–water partition coefficient (Wildman–Crippen LogP) is 2.77. The van der Waals surface area contributed by atoms with Crippen molar-refractivity contribution in [3.8, 4) is 0 Å². The lowest BCUT2D eigenvalue weighted by atomic mass is 10.1. The summed E-state index contributed by atoms with van der Waals surface area (Å²) >= 11 is 1.91. The fourth-order valence-corrected chi connectivity index (χ4v) is 4.25. The monoisotopic (exact) mass is 304 g/mol. The average molecular weight is 304 g/mol. The zero-order valence-electron chi connectivity index (χ0n) is 12.5. The third kappa shape index (κ3) is 4.24. The summed E-state index contributed by atoms with van der Waals surface area (Å²) in [5, 5.41) is 3.42. The van der Waals surface area contributed by atoms with Gasteiger partial charge in [0.2, 0.25) is 5.91 Å². The maximum Gasteiger partial charge on any atom is 0.224 e. The van der Waals surface area contributed by atoms with Gasteiger partial charge in [-0.1, -0.05) is 18.2 Å². The number of nitrogens with zero attached hydrogens (tertiary/aromatic N) is 1. The Labute approximate surface area is 131 Å². The maximum atomic E-state index is 12.3. The lowest BCUT2D eigenvalue weighted by Crippen LogP contribution is -2.34. The van der Waals surface area contributed by atoms with Gasteiger partial charge in [0.05, 0.1) is 0 Å². The number of thioether (sulfide) groups is 1. The molecule has 3 rings (SSSR count). The van der Waals surface area contributed by atoms with Crippen molar-refractivity contribution in [2.75, 3.05) is 25.4 Å². The first-order valence-corrected chi connectivity index (χ1v) is 8.99. The molecule has 0 radical (unpaired) electrons. The minimum Gasteiger partial charge on any atom is -0.342 e. The molecular weight excluding hydrogens is 280 g/mol. The van der Waals surface area contributed by atoms with Gasteiger partial charge in [-0.15, -0.1) is 11.8 Å². The van der Waals surface area contributed by atoms with E-state index in [1.165, 1.54) is 11.3 Å². The number of amides is 1. The van der Waals surface area contributed by atoms with Crippen LogP contribution in [0.1, 0.15) is 25.7 Å². The van der Waals surface area contributed by atoms with Crippen LogP contribution in [0.3, 0.4) is 0 Å². The van der Waals surface area contributed by atoms with Crippen LogP contribution in [0.5, 0.6) is 0 Å². The molecule has 0 aliphatic carbocycles. The lowest BCUT2D eigenvalue weighted by Gasteiger charge is -2.19. The Morgan fingerprint density at radius 1 is 1.29 bits per heavy atom. The molecule has 1 amide bonds. The van der Waals surface area contributed by atoms with Gasteiger partial charge in [0.1, 0.15) is 0 Å². The quantitative estimate of drug-likeness (QED) is 0.849. The third-order valence-electron chi connectivity index (χ3n) is 4.45. The second-order valence-corrected chi connectivity index (χ2v) is 7.21. The van der Waals surface area contributed by atoms with Crippen molar-refractivity contribution in [3.05, 3.63) is 30.3 Å². The van der Waals surface area contributed by atoms with E-state index in [1.54, 1.807) is 0 Å². The molecule has 1 N–H and O–H groups in total. The molecule has 0 spiro atoms. The largest absolute Gasteiger partial charge is 0.342 e. The van der Waals surface area contributed by atoms with E-state index in [-0.39, 0.29) is 0 Å². The van der Waals surface area contributed by atoms with E-state index in [9.17, 15) is 4.79 Å². The smallest absolute Gasteiger partial charge is 0.224 e. The molecular formula is C17H24N2OS. The van der Waals surface area contributed by atoms with Gasteiger partial charge in [0, 0.05) is 36.2 Å². The van der Waals surface area contributed by atoms with Gasteiger partial charge in [-0.05, 0) is 43.9 Å². The van der Waals surface area contributed by atoms with Crippen molar-refractivity contribution in [2.45, 2.75) is 36.6 Å². The van der Waals surface area contributed by atoms with Gasteiger partial charge in [0.25, 0.3) is 0 Å². The number of likely N-dealkylation sites (tertiary alicyclic amines) is 1. The molecule has 114 valence electrons. The van der Waals surface area contributed by atoms with E-state index in [0.717, 1.165) is 38.2 Å². The molecule has 0 aromatic heterocycles. The van der Waals surface area contributed by atoms with E-state index < -0.39 is 0 Å². The van der Waals surface area contributed by atoms with Crippen LogP contribution in [0.25, 0.3) is 0 Å². The maximum absolute atomic E-state index is 12.3. The first-order valence-electron chi connectivity index (χ1n) is 8.00. The van der Waals surface area contributed by atoms with Crippen LogP contribution in [0, 0.1) is 5.92 Å². The molecule has 2 fully saturated rings. The molecule has 2 saturated heterocycles. The molecule has 2 heterocycles.